The van der Waals surface area contributed by atoms with Crippen molar-refractivity contribution in [2.45, 2.75) is 37.4 Å². The van der Waals surface area contributed by atoms with Gasteiger partial charge in [-0.1, -0.05) is 78.9 Å². The van der Waals surface area contributed by atoms with E-state index in [4.69, 9.17) is 0 Å². The fraction of sp³-hybridized carbons (Fsp3) is 0.333. The first kappa shape index (κ1) is 19.3. The van der Waals surface area contributed by atoms with Crippen molar-refractivity contribution in [1.29, 1.82) is 0 Å². The Morgan fingerprint density at radius 3 is 1.97 bits per heavy atom. The third kappa shape index (κ3) is 3.76. The summed E-state index contributed by atoms with van der Waals surface area (Å²) < 4.78 is 0. The normalized spacial score (nSPS) is 25.5. The first-order valence-electron chi connectivity index (χ1n) is 11.2. The zero-order valence-corrected chi connectivity index (χ0v) is 17.3. The van der Waals surface area contributed by atoms with Gasteiger partial charge in [-0.25, -0.2) is 0 Å². The molecule has 3 heterocycles. The Kier molecular flexibility index (Phi) is 5.56. The monoisotopic (exact) mass is 398 g/mol. The van der Waals surface area contributed by atoms with Crippen molar-refractivity contribution in [2.24, 2.45) is 5.92 Å². The highest BCUT2D eigenvalue weighted by atomic mass is 16.3. The van der Waals surface area contributed by atoms with Gasteiger partial charge in [0.15, 0.2) is 0 Å². The van der Waals surface area contributed by atoms with E-state index in [1.54, 1.807) is 6.07 Å². The Labute approximate surface area is 179 Å². The second-order valence-corrected chi connectivity index (χ2v) is 8.70. The SMILES string of the molecule is Oc1ccccc1CN[C@@H]1C2CCN(CC2)[C@H]1C(c1ccccc1)c1ccccc1. The maximum Gasteiger partial charge on any atom is 0.120 e. The molecule has 3 aliphatic rings. The molecule has 0 spiro atoms. The van der Waals surface area contributed by atoms with Gasteiger partial charge < -0.3 is 10.4 Å². The van der Waals surface area contributed by atoms with Gasteiger partial charge in [0.05, 0.1) is 0 Å². The number of phenolic OH excluding ortho intramolecular Hbond substituents is 1. The van der Waals surface area contributed by atoms with Gasteiger partial charge in [-0.15, -0.1) is 0 Å². The highest BCUT2D eigenvalue weighted by molar-refractivity contribution is 5.36. The van der Waals surface area contributed by atoms with Gasteiger partial charge >= 0.3 is 0 Å². The molecule has 2 bridgehead atoms. The molecule has 0 saturated carbocycles. The lowest BCUT2D eigenvalue weighted by atomic mass is 9.70. The minimum absolute atomic E-state index is 0.331. The number of rotatable bonds is 6. The molecule has 3 aromatic carbocycles. The van der Waals surface area contributed by atoms with Crippen LogP contribution in [0.1, 0.15) is 35.4 Å². The maximum absolute atomic E-state index is 10.3. The second kappa shape index (κ2) is 8.63. The Bertz CT molecular complexity index is 911. The predicted octanol–water partition coefficient (Wildman–Crippen LogP) is 4.78. The van der Waals surface area contributed by atoms with Gasteiger partial charge in [-0.2, -0.15) is 0 Å². The number of phenols is 1. The lowest BCUT2D eigenvalue weighted by Gasteiger charge is -2.54. The first-order valence-corrected chi connectivity index (χ1v) is 11.2. The molecule has 3 saturated heterocycles. The van der Waals surface area contributed by atoms with Crippen LogP contribution >= 0.6 is 0 Å². The summed E-state index contributed by atoms with van der Waals surface area (Å²) in [6, 6.07) is 30.5. The molecule has 30 heavy (non-hydrogen) atoms. The number of aromatic hydroxyl groups is 1. The number of nitrogens with one attached hydrogen (secondary N) is 1. The average Bonchev–Trinajstić information content (AvgIpc) is 2.81. The second-order valence-electron chi connectivity index (χ2n) is 8.70. The van der Waals surface area contributed by atoms with Gasteiger partial charge in [-0.05, 0) is 49.0 Å². The molecule has 3 aliphatic heterocycles. The van der Waals surface area contributed by atoms with Crippen LogP contribution in [0.15, 0.2) is 84.9 Å². The fourth-order valence-electron chi connectivity index (χ4n) is 5.58. The molecule has 3 aromatic rings. The maximum atomic E-state index is 10.3. The van der Waals surface area contributed by atoms with E-state index in [0.29, 0.717) is 36.2 Å². The zero-order chi connectivity index (χ0) is 20.3. The lowest BCUT2D eigenvalue weighted by molar-refractivity contribution is 0.00462. The van der Waals surface area contributed by atoms with E-state index >= 15 is 0 Å². The number of hydrogen-bond acceptors (Lipinski definition) is 3. The van der Waals surface area contributed by atoms with Crippen LogP contribution in [-0.4, -0.2) is 35.2 Å². The van der Waals surface area contributed by atoms with Crippen LogP contribution in [0, 0.1) is 5.92 Å². The van der Waals surface area contributed by atoms with Gasteiger partial charge in [0.1, 0.15) is 5.75 Å². The standard InChI is InChI=1S/C27H30N2O/c30-24-14-8-7-13-23(24)19-28-26-22-15-17-29(18-16-22)27(26)25(20-9-3-1-4-10-20)21-11-5-2-6-12-21/h1-14,22,25-28,30H,15-19H2/t26-,27+/m1/s1. The summed E-state index contributed by atoms with van der Waals surface area (Å²) in [7, 11) is 0. The van der Waals surface area contributed by atoms with Crippen LogP contribution in [-0.2, 0) is 6.54 Å². The van der Waals surface area contributed by atoms with Crippen molar-refractivity contribution < 1.29 is 5.11 Å². The third-order valence-electron chi connectivity index (χ3n) is 7.05. The molecular formula is C27H30N2O. The van der Waals surface area contributed by atoms with Crippen LogP contribution in [0.3, 0.4) is 0 Å². The minimum atomic E-state index is 0.331. The fourth-order valence-corrected chi connectivity index (χ4v) is 5.58. The Hall–Kier alpha value is -2.62. The molecule has 3 heteroatoms. The summed E-state index contributed by atoms with van der Waals surface area (Å²) >= 11 is 0. The highest BCUT2D eigenvalue weighted by Crippen LogP contribution is 2.42. The molecule has 0 amide bonds. The molecule has 3 fully saturated rings. The predicted molar refractivity (Wildman–Crippen MR) is 122 cm³/mol. The van der Waals surface area contributed by atoms with Gasteiger partial charge in [-0.3, -0.25) is 4.90 Å². The van der Waals surface area contributed by atoms with Crippen molar-refractivity contribution in [1.82, 2.24) is 10.2 Å². The van der Waals surface area contributed by atoms with Crippen molar-refractivity contribution in [2.75, 3.05) is 13.1 Å². The van der Waals surface area contributed by atoms with E-state index in [0.717, 1.165) is 5.56 Å². The molecule has 6 rings (SSSR count). The van der Waals surface area contributed by atoms with Crippen LogP contribution in [0.5, 0.6) is 5.75 Å². The quantitative estimate of drug-likeness (QED) is 0.627. The smallest absolute Gasteiger partial charge is 0.120 e. The molecule has 2 atom stereocenters. The highest BCUT2D eigenvalue weighted by Gasteiger charge is 2.46. The van der Waals surface area contributed by atoms with Gasteiger partial charge in [0.25, 0.3) is 0 Å². The molecule has 154 valence electrons. The Morgan fingerprint density at radius 2 is 1.37 bits per heavy atom. The van der Waals surface area contributed by atoms with E-state index < -0.39 is 0 Å². The number of hydrogen-bond donors (Lipinski definition) is 2. The number of para-hydroxylation sites is 1. The molecule has 2 N–H and O–H groups in total. The number of benzene rings is 3. The largest absolute Gasteiger partial charge is 0.508 e. The lowest BCUT2D eigenvalue weighted by Crippen LogP contribution is -2.64. The Morgan fingerprint density at radius 1 is 0.800 bits per heavy atom. The van der Waals surface area contributed by atoms with Gasteiger partial charge in [0, 0.05) is 30.1 Å². The van der Waals surface area contributed by atoms with Crippen LogP contribution in [0.4, 0.5) is 0 Å². The summed E-state index contributed by atoms with van der Waals surface area (Å²) in [4.78, 5) is 2.70. The molecule has 0 radical (unpaired) electrons. The summed E-state index contributed by atoms with van der Waals surface area (Å²) in [5, 5.41) is 14.1. The van der Waals surface area contributed by atoms with E-state index in [-0.39, 0.29) is 0 Å². The minimum Gasteiger partial charge on any atom is -0.508 e. The summed E-state index contributed by atoms with van der Waals surface area (Å²) in [5.74, 6) is 1.39. The molecule has 0 aromatic heterocycles. The number of nitrogens with zero attached hydrogens (tertiary/aromatic N) is 1. The molecular weight excluding hydrogens is 368 g/mol. The van der Waals surface area contributed by atoms with E-state index in [1.165, 1.54) is 37.1 Å². The molecule has 0 unspecified atom stereocenters. The average molecular weight is 399 g/mol. The van der Waals surface area contributed by atoms with Crippen LogP contribution in [0.25, 0.3) is 0 Å². The zero-order valence-electron chi connectivity index (χ0n) is 17.3. The summed E-state index contributed by atoms with van der Waals surface area (Å²) in [5.41, 5.74) is 3.75. The number of fused-ring (bicyclic) bond motifs is 3. The van der Waals surface area contributed by atoms with E-state index in [2.05, 4.69) is 70.9 Å². The van der Waals surface area contributed by atoms with E-state index in [9.17, 15) is 5.11 Å². The van der Waals surface area contributed by atoms with Crippen LogP contribution < -0.4 is 5.32 Å². The molecule has 0 aliphatic carbocycles. The Balaban J connectivity index is 1.50. The topological polar surface area (TPSA) is 35.5 Å². The third-order valence-corrected chi connectivity index (χ3v) is 7.05. The summed E-state index contributed by atoms with van der Waals surface area (Å²) in [6.45, 7) is 3.06. The molecule has 3 nitrogen and oxygen atoms in total. The first-order chi connectivity index (χ1) is 14.8. The van der Waals surface area contributed by atoms with Crippen molar-refractivity contribution in [3.63, 3.8) is 0 Å². The van der Waals surface area contributed by atoms with Crippen molar-refractivity contribution in [3.05, 3.63) is 102 Å². The van der Waals surface area contributed by atoms with Crippen molar-refractivity contribution >= 4 is 0 Å². The number of piperidine rings is 3. The van der Waals surface area contributed by atoms with Crippen molar-refractivity contribution in [3.8, 4) is 5.75 Å². The summed E-state index contributed by atoms with van der Waals surface area (Å²) in [6.07, 6.45) is 2.51. The van der Waals surface area contributed by atoms with Gasteiger partial charge in [0.2, 0.25) is 0 Å². The van der Waals surface area contributed by atoms with E-state index in [1.807, 2.05) is 18.2 Å². The van der Waals surface area contributed by atoms with Crippen LogP contribution in [0.2, 0.25) is 0 Å².